The summed E-state index contributed by atoms with van der Waals surface area (Å²) in [6.07, 6.45) is 0. The van der Waals surface area contributed by atoms with Crippen LogP contribution >= 0.6 is 0 Å². The standard InChI is InChI=1S/C83H74N6/c1-80(2,3)52-30-36-72-63(44-52)64-45-53(81(4,5)6)31-37-73(64)85(72)57-34-40-76-67(49-57)61-24-16-19-27-70(61)87(76)59-42-51(79-84-69-26-18-21-29-78(69)89(79)56-22-14-13-15-23-56)43-60(48-59)88-71-28-20-17-25-62(71)68-50-58(35-41-77(68)88)86-74-38-32-54(82(7,8)9)46-65(74)66-47-55(83(10,11)12)33-39-75(66)86/h13-50H,1-12H3. The average molecular weight is 1160 g/mol. The summed E-state index contributed by atoms with van der Waals surface area (Å²) in [7, 11) is 0. The Morgan fingerprint density at radius 2 is 0.539 bits per heavy atom. The number of para-hydroxylation sites is 5. The van der Waals surface area contributed by atoms with E-state index in [1.54, 1.807) is 0 Å². The topological polar surface area (TPSA) is 37.5 Å². The Hall–Kier alpha value is -9.91. The van der Waals surface area contributed by atoms with E-state index in [1.165, 1.54) is 87.4 Å². The predicted octanol–water partition coefficient (Wildman–Crippen LogP) is 22.3. The van der Waals surface area contributed by atoms with Crippen LogP contribution in [0.2, 0.25) is 0 Å². The fourth-order valence-electron chi connectivity index (χ4n) is 14.3. The van der Waals surface area contributed by atoms with E-state index in [2.05, 4.69) is 336 Å². The molecule has 0 aliphatic rings. The smallest absolute Gasteiger partial charge is 0.145 e. The molecule has 16 aromatic rings. The van der Waals surface area contributed by atoms with Crippen LogP contribution in [0.4, 0.5) is 0 Å². The highest BCUT2D eigenvalue weighted by Gasteiger charge is 2.27. The van der Waals surface area contributed by atoms with Gasteiger partial charge in [0.25, 0.3) is 0 Å². The minimum absolute atomic E-state index is 0.00424. The summed E-state index contributed by atoms with van der Waals surface area (Å²) in [6, 6.07) is 86.9. The van der Waals surface area contributed by atoms with E-state index in [9.17, 15) is 0 Å². The van der Waals surface area contributed by atoms with Gasteiger partial charge < -0.3 is 18.3 Å². The van der Waals surface area contributed by atoms with Gasteiger partial charge in [-0.2, -0.15) is 0 Å². The van der Waals surface area contributed by atoms with E-state index in [0.717, 1.165) is 72.9 Å². The van der Waals surface area contributed by atoms with Gasteiger partial charge in [-0.15, -0.1) is 0 Å². The van der Waals surface area contributed by atoms with E-state index in [4.69, 9.17) is 4.98 Å². The molecule has 0 bridgehead atoms. The molecule has 6 heteroatoms. The molecule has 16 rings (SSSR count). The van der Waals surface area contributed by atoms with Crippen LogP contribution in [-0.4, -0.2) is 27.8 Å². The Labute approximate surface area is 520 Å². The maximum atomic E-state index is 5.55. The van der Waals surface area contributed by atoms with Crippen molar-refractivity contribution in [3.8, 4) is 39.8 Å². The lowest BCUT2D eigenvalue weighted by molar-refractivity contribution is 0.590. The van der Waals surface area contributed by atoms with Gasteiger partial charge in [0, 0.05) is 77.1 Å². The quantitative estimate of drug-likeness (QED) is 0.163. The lowest BCUT2D eigenvalue weighted by Gasteiger charge is -2.19. The van der Waals surface area contributed by atoms with Crippen molar-refractivity contribution in [2.75, 3.05) is 0 Å². The van der Waals surface area contributed by atoms with Crippen LogP contribution in [0.1, 0.15) is 105 Å². The van der Waals surface area contributed by atoms with Gasteiger partial charge in [0.1, 0.15) is 5.82 Å². The molecule has 0 fully saturated rings. The van der Waals surface area contributed by atoms with Crippen molar-refractivity contribution in [3.05, 3.63) is 253 Å². The van der Waals surface area contributed by atoms with Gasteiger partial charge in [-0.25, -0.2) is 4.98 Å². The number of rotatable bonds is 6. The van der Waals surface area contributed by atoms with Gasteiger partial charge in [-0.3, -0.25) is 4.57 Å². The highest BCUT2D eigenvalue weighted by molar-refractivity contribution is 6.15. The monoisotopic (exact) mass is 1150 g/mol. The third-order valence-corrected chi connectivity index (χ3v) is 19.1. The first-order valence-corrected chi connectivity index (χ1v) is 31.6. The molecule has 5 aromatic heterocycles. The second-order valence-corrected chi connectivity index (χ2v) is 29.0. The Balaban J connectivity index is 0.944. The normalized spacial score (nSPS) is 12.9. The van der Waals surface area contributed by atoms with E-state index in [-0.39, 0.29) is 21.7 Å². The molecule has 0 spiro atoms. The molecule has 5 heterocycles. The van der Waals surface area contributed by atoms with E-state index in [0.29, 0.717) is 0 Å². The summed E-state index contributed by atoms with van der Waals surface area (Å²) >= 11 is 0. The number of aromatic nitrogens is 6. The number of hydrogen-bond acceptors (Lipinski definition) is 1. The Kier molecular flexibility index (Phi) is 11.8. The molecule has 0 amide bonds. The largest absolute Gasteiger partial charge is 0.309 e. The lowest BCUT2D eigenvalue weighted by atomic mass is 9.85. The number of fused-ring (bicyclic) bond motifs is 13. The minimum atomic E-state index is 0.00424. The average Bonchev–Trinajstić information content (AvgIpc) is 1.60. The van der Waals surface area contributed by atoms with Crippen LogP contribution in [0.25, 0.3) is 138 Å². The molecule has 89 heavy (non-hydrogen) atoms. The highest BCUT2D eigenvalue weighted by atomic mass is 15.1. The number of nitrogens with zero attached hydrogens (tertiary/aromatic N) is 6. The van der Waals surface area contributed by atoms with Crippen LogP contribution in [0, 0.1) is 0 Å². The van der Waals surface area contributed by atoms with Gasteiger partial charge in [-0.05, 0) is 183 Å². The van der Waals surface area contributed by atoms with E-state index >= 15 is 0 Å². The van der Waals surface area contributed by atoms with Gasteiger partial charge in [0.05, 0.1) is 55.2 Å². The van der Waals surface area contributed by atoms with Crippen molar-refractivity contribution in [2.24, 2.45) is 0 Å². The molecule has 0 N–H and O–H groups in total. The number of benzene rings is 11. The molecular weight excluding hydrogens is 1080 g/mol. The molecule has 0 atom stereocenters. The number of hydrogen-bond donors (Lipinski definition) is 0. The first kappa shape index (κ1) is 54.5. The Morgan fingerprint density at radius 3 is 0.933 bits per heavy atom. The van der Waals surface area contributed by atoms with Crippen LogP contribution in [0.15, 0.2) is 231 Å². The summed E-state index contributed by atoms with van der Waals surface area (Å²) in [5.74, 6) is 0.873. The van der Waals surface area contributed by atoms with Crippen LogP contribution in [-0.2, 0) is 21.7 Å². The third kappa shape index (κ3) is 8.61. The molecule has 0 aliphatic carbocycles. The molecule has 436 valence electrons. The van der Waals surface area contributed by atoms with Crippen LogP contribution < -0.4 is 0 Å². The Morgan fingerprint density at radius 1 is 0.225 bits per heavy atom. The van der Waals surface area contributed by atoms with Crippen molar-refractivity contribution in [1.29, 1.82) is 0 Å². The highest BCUT2D eigenvalue weighted by Crippen LogP contribution is 2.44. The predicted molar refractivity (Wildman–Crippen MR) is 379 cm³/mol. The van der Waals surface area contributed by atoms with Crippen molar-refractivity contribution in [3.63, 3.8) is 0 Å². The first-order chi connectivity index (χ1) is 42.7. The molecule has 0 radical (unpaired) electrons. The van der Waals surface area contributed by atoms with Gasteiger partial charge in [0.15, 0.2) is 0 Å². The summed E-state index contributed by atoms with van der Waals surface area (Å²) < 4.78 is 12.3. The zero-order chi connectivity index (χ0) is 61.2. The maximum Gasteiger partial charge on any atom is 0.145 e. The molecule has 6 nitrogen and oxygen atoms in total. The SMILES string of the molecule is CC(C)(C)c1ccc2c(c1)c1cc(C(C)(C)C)ccc1n2-c1ccc2c(c1)c1ccccc1n2-c1cc(-c2nc3ccccc3n2-c2ccccc2)cc(-n2c3ccccc3c3cc(-n4c5ccc(C(C)(C)C)cc5c5cc(C(C)(C)C)ccc54)ccc32)c1. The third-order valence-electron chi connectivity index (χ3n) is 19.1. The van der Waals surface area contributed by atoms with Crippen molar-refractivity contribution >= 4 is 98.3 Å². The maximum absolute atomic E-state index is 5.55. The minimum Gasteiger partial charge on any atom is -0.309 e. The summed E-state index contributed by atoms with van der Waals surface area (Å²) in [5, 5.41) is 9.89. The summed E-state index contributed by atoms with van der Waals surface area (Å²) in [5.41, 5.74) is 23.1. The molecule has 0 unspecified atom stereocenters. The summed E-state index contributed by atoms with van der Waals surface area (Å²) in [4.78, 5) is 5.55. The van der Waals surface area contributed by atoms with Crippen molar-refractivity contribution < 1.29 is 0 Å². The molecule has 0 saturated carbocycles. The summed E-state index contributed by atoms with van der Waals surface area (Å²) in [6.45, 7) is 27.7. The molecular formula is C83H74N6. The van der Waals surface area contributed by atoms with Crippen molar-refractivity contribution in [1.82, 2.24) is 27.8 Å². The first-order valence-electron chi connectivity index (χ1n) is 31.6. The zero-order valence-electron chi connectivity index (χ0n) is 53.1. The van der Waals surface area contributed by atoms with E-state index < -0.39 is 0 Å². The lowest BCUT2D eigenvalue weighted by Crippen LogP contribution is -2.10. The van der Waals surface area contributed by atoms with E-state index in [1.807, 2.05) is 0 Å². The second kappa shape index (κ2) is 19.3. The molecule has 11 aromatic carbocycles. The fourth-order valence-corrected chi connectivity index (χ4v) is 14.3. The second-order valence-electron chi connectivity index (χ2n) is 29.0. The van der Waals surface area contributed by atoms with Crippen LogP contribution in [0.5, 0.6) is 0 Å². The fraction of sp³-hybridized carbons (Fsp3) is 0.193. The molecule has 0 aliphatic heterocycles. The number of imidazole rings is 1. The molecule has 0 saturated heterocycles. The Bertz CT molecular complexity index is 5160. The van der Waals surface area contributed by atoms with Crippen LogP contribution in [0.3, 0.4) is 0 Å². The van der Waals surface area contributed by atoms with Gasteiger partial charge >= 0.3 is 0 Å². The van der Waals surface area contributed by atoms with Gasteiger partial charge in [0.2, 0.25) is 0 Å². The van der Waals surface area contributed by atoms with Crippen molar-refractivity contribution in [2.45, 2.75) is 105 Å². The van der Waals surface area contributed by atoms with Gasteiger partial charge in [-0.1, -0.05) is 174 Å². The zero-order valence-corrected chi connectivity index (χ0v) is 53.1.